The number of carbonyl (C=O) groups is 1. The molecule has 0 spiro atoms. The first-order chi connectivity index (χ1) is 9.95. The second-order valence-corrected chi connectivity index (χ2v) is 5.75. The van der Waals surface area contributed by atoms with Gasteiger partial charge in [-0.25, -0.2) is 4.39 Å². The van der Waals surface area contributed by atoms with Crippen molar-refractivity contribution in [2.75, 3.05) is 44.8 Å². The molecule has 0 aliphatic carbocycles. The number of amides is 1. The van der Waals surface area contributed by atoms with E-state index in [1.54, 1.807) is 0 Å². The highest BCUT2D eigenvalue weighted by Gasteiger charge is 2.22. The first-order valence-corrected chi connectivity index (χ1v) is 7.19. The van der Waals surface area contributed by atoms with E-state index in [4.69, 9.17) is 5.73 Å². The van der Waals surface area contributed by atoms with E-state index < -0.39 is 5.82 Å². The van der Waals surface area contributed by atoms with Crippen LogP contribution < -0.4 is 11.1 Å². The Bertz CT molecular complexity index is 508. The lowest BCUT2D eigenvalue weighted by molar-refractivity contribution is -0.117. The summed E-state index contributed by atoms with van der Waals surface area (Å²) in [7, 11) is 4.03. The monoisotopic (exact) mass is 294 g/mol. The predicted octanol–water partition coefficient (Wildman–Crippen LogP) is 1.37. The maximum atomic E-state index is 13.2. The molecule has 0 aromatic heterocycles. The molecule has 1 atom stereocenters. The van der Waals surface area contributed by atoms with E-state index in [2.05, 4.69) is 17.3 Å². The largest absolute Gasteiger partial charge is 0.397 e. The van der Waals surface area contributed by atoms with Crippen LogP contribution >= 0.6 is 0 Å². The van der Waals surface area contributed by atoms with Crippen LogP contribution in [0, 0.1) is 5.82 Å². The standard InChI is InChI=1S/C15H23FN4O/c1-19-7-3-4-12(9-19)20(2)10-15(21)18-14-8-11(16)5-6-13(14)17/h5-6,8,12H,3-4,7,9-10,17H2,1-2H3,(H,18,21). The van der Waals surface area contributed by atoms with Crippen molar-refractivity contribution in [3.63, 3.8) is 0 Å². The summed E-state index contributed by atoms with van der Waals surface area (Å²) in [4.78, 5) is 16.4. The van der Waals surface area contributed by atoms with Crippen molar-refractivity contribution in [2.24, 2.45) is 0 Å². The first kappa shape index (κ1) is 15.7. The van der Waals surface area contributed by atoms with Gasteiger partial charge in [-0.15, -0.1) is 0 Å². The number of likely N-dealkylation sites (N-methyl/N-ethyl adjacent to an activating group) is 2. The first-order valence-electron chi connectivity index (χ1n) is 7.19. The molecule has 0 saturated carbocycles. The van der Waals surface area contributed by atoms with Crippen LogP contribution in [-0.2, 0) is 4.79 Å². The number of hydrogen-bond donors (Lipinski definition) is 2. The van der Waals surface area contributed by atoms with Crippen LogP contribution in [0.1, 0.15) is 12.8 Å². The molecule has 1 aliphatic rings. The van der Waals surface area contributed by atoms with Gasteiger partial charge in [0.25, 0.3) is 0 Å². The Labute approximate surface area is 124 Å². The zero-order valence-corrected chi connectivity index (χ0v) is 12.6. The highest BCUT2D eigenvalue weighted by molar-refractivity contribution is 5.95. The van der Waals surface area contributed by atoms with Gasteiger partial charge in [-0.1, -0.05) is 0 Å². The summed E-state index contributed by atoms with van der Waals surface area (Å²) in [6.07, 6.45) is 2.24. The van der Waals surface area contributed by atoms with Crippen molar-refractivity contribution >= 4 is 17.3 Å². The van der Waals surface area contributed by atoms with Crippen molar-refractivity contribution in [1.29, 1.82) is 0 Å². The second kappa shape index (κ2) is 6.87. The Morgan fingerprint density at radius 1 is 1.57 bits per heavy atom. The molecule has 1 saturated heterocycles. The number of carbonyl (C=O) groups excluding carboxylic acids is 1. The van der Waals surface area contributed by atoms with Crippen LogP contribution in [0.25, 0.3) is 0 Å². The third kappa shape index (κ3) is 4.41. The minimum atomic E-state index is -0.415. The summed E-state index contributed by atoms with van der Waals surface area (Å²) in [5.74, 6) is -0.593. The smallest absolute Gasteiger partial charge is 0.238 e. The Balaban J connectivity index is 1.90. The van der Waals surface area contributed by atoms with Gasteiger partial charge >= 0.3 is 0 Å². The average Bonchev–Trinajstić information content (AvgIpc) is 2.42. The van der Waals surface area contributed by atoms with E-state index >= 15 is 0 Å². The number of anilines is 2. The number of rotatable bonds is 4. The maximum Gasteiger partial charge on any atom is 0.238 e. The van der Waals surface area contributed by atoms with Crippen molar-refractivity contribution in [2.45, 2.75) is 18.9 Å². The fraction of sp³-hybridized carbons (Fsp3) is 0.533. The lowest BCUT2D eigenvalue weighted by Crippen LogP contribution is -2.47. The third-order valence-electron chi connectivity index (χ3n) is 3.91. The molecule has 1 aliphatic heterocycles. The molecular weight excluding hydrogens is 271 g/mol. The summed E-state index contributed by atoms with van der Waals surface area (Å²) in [6.45, 7) is 2.34. The number of benzene rings is 1. The molecule has 1 unspecified atom stereocenters. The lowest BCUT2D eigenvalue weighted by Gasteiger charge is -2.35. The molecule has 1 heterocycles. The number of likely N-dealkylation sites (tertiary alicyclic amines) is 1. The number of hydrogen-bond acceptors (Lipinski definition) is 4. The summed E-state index contributed by atoms with van der Waals surface area (Å²) >= 11 is 0. The third-order valence-corrected chi connectivity index (χ3v) is 3.91. The molecule has 5 nitrogen and oxygen atoms in total. The number of nitrogens with one attached hydrogen (secondary N) is 1. The fourth-order valence-electron chi connectivity index (χ4n) is 2.68. The van der Waals surface area contributed by atoms with Gasteiger partial charge in [0, 0.05) is 12.6 Å². The second-order valence-electron chi connectivity index (χ2n) is 5.75. The van der Waals surface area contributed by atoms with Gasteiger partial charge < -0.3 is 16.0 Å². The van der Waals surface area contributed by atoms with Gasteiger partial charge in [0.2, 0.25) is 5.91 Å². The minimum absolute atomic E-state index is 0.178. The van der Waals surface area contributed by atoms with E-state index in [1.165, 1.54) is 18.2 Å². The molecule has 3 N–H and O–H groups in total. The minimum Gasteiger partial charge on any atom is -0.397 e. The van der Waals surface area contributed by atoms with E-state index in [0.29, 0.717) is 17.4 Å². The zero-order valence-electron chi connectivity index (χ0n) is 12.6. The Morgan fingerprint density at radius 3 is 3.05 bits per heavy atom. The van der Waals surface area contributed by atoms with Crippen molar-refractivity contribution in [3.05, 3.63) is 24.0 Å². The van der Waals surface area contributed by atoms with Gasteiger partial charge in [-0.3, -0.25) is 9.69 Å². The summed E-state index contributed by atoms with van der Waals surface area (Å²) < 4.78 is 13.2. The van der Waals surface area contributed by atoms with E-state index in [0.717, 1.165) is 25.9 Å². The summed E-state index contributed by atoms with van der Waals surface area (Å²) in [5.41, 5.74) is 6.42. The van der Waals surface area contributed by atoms with Crippen LogP contribution in [0.3, 0.4) is 0 Å². The van der Waals surface area contributed by atoms with E-state index in [1.807, 2.05) is 11.9 Å². The molecule has 1 aromatic carbocycles. The van der Waals surface area contributed by atoms with Crippen LogP contribution in [0.5, 0.6) is 0 Å². The number of nitrogens with zero attached hydrogens (tertiary/aromatic N) is 2. The van der Waals surface area contributed by atoms with Crippen LogP contribution in [0.15, 0.2) is 18.2 Å². The van der Waals surface area contributed by atoms with Crippen molar-refractivity contribution < 1.29 is 9.18 Å². The highest BCUT2D eigenvalue weighted by Crippen LogP contribution is 2.19. The van der Waals surface area contributed by atoms with E-state index in [9.17, 15) is 9.18 Å². The van der Waals surface area contributed by atoms with Crippen LogP contribution in [0.2, 0.25) is 0 Å². The zero-order chi connectivity index (χ0) is 15.4. The van der Waals surface area contributed by atoms with Gasteiger partial charge in [-0.05, 0) is 51.7 Å². The Morgan fingerprint density at radius 2 is 2.33 bits per heavy atom. The summed E-state index contributed by atoms with van der Waals surface area (Å²) in [5, 5.41) is 2.67. The maximum absolute atomic E-state index is 13.2. The van der Waals surface area contributed by atoms with Gasteiger partial charge in [0.1, 0.15) is 5.82 Å². The molecule has 0 radical (unpaired) electrons. The number of nitrogens with two attached hydrogens (primary N) is 1. The van der Waals surface area contributed by atoms with Crippen LogP contribution in [-0.4, -0.2) is 55.5 Å². The Hall–Kier alpha value is -1.66. The normalized spacial score (nSPS) is 19.7. The molecule has 6 heteroatoms. The SMILES string of the molecule is CN1CCCC(N(C)CC(=O)Nc2cc(F)ccc2N)C1. The molecule has 0 bridgehead atoms. The quantitative estimate of drug-likeness (QED) is 0.824. The topological polar surface area (TPSA) is 61.6 Å². The van der Waals surface area contributed by atoms with Crippen molar-refractivity contribution in [3.8, 4) is 0 Å². The number of nitrogen functional groups attached to an aromatic ring is 1. The Kier molecular flexibility index (Phi) is 5.14. The molecule has 1 amide bonds. The number of piperidine rings is 1. The fourth-order valence-corrected chi connectivity index (χ4v) is 2.68. The molecular formula is C15H23FN4O. The van der Waals surface area contributed by atoms with Crippen LogP contribution in [0.4, 0.5) is 15.8 Å². The molecule has 1 aromatic rings. The molecule has 116 valence electrons. The predicted molar refractivity (Wildman–Crippen MR) is 82.6 cm³/mol. The average molecular weight is 294 g/mol. The molecule has 2 rings (SSSR count). The lowest BCUT2D eigenvalue weighted by atomic mass is 10.1. The summed E-state index contributed by atoms with van der Waals surface area (Å²) in [6, 6.07) is 4.33. The van der Waals surface area contributed by atoms with Gasteiger partial charge in [0.05, 0.1) is 17.9 Å². The number of halogens is 1. The van der Waals surface area contributed by atoms with Crippen molar-refractivity contribution in [1.82, 2.24) is 9.80 Å². The molecule has 21 heavy (non-hydrogen) atoms. The van der Waals surface area contributed by atoms with E-state index in [-0.39, 0.29) is 12.5 Å². The van der Waals surface area contributed by atoms with Gasteiger partial charge in [-0.2, -0.15) is 0 Å². The highest BCUT2D eigenvalue weighted by atomic mass is 19.1. The van der Waals surface area contributed by atoms with Gasteiger partial charge in [0.15, 0.2) is 0 Å². The molecule has 1 fully saturated rings.